The van der Waals surface area contributed by atoms with Crippen LogP contribution < -0.4 is 13.8 Å². The minimum Gasteiger partial charge on any atom is -0.479 e. The van der Waals surface area contributed by atoms with Crippen molar-refractivity contribution >= 4 is 32.3 Å². The predicted molar refractivity (Wildman–Crippen MR) is 136 cm³/mol. The zero-order chi connectivity index (χ0) is 26.8. The molecule has 198 valence electrons. The fraction of sp³-hybridized carbons (Fsp3) is 0.308. The zero-order valence-corrected chi connectivity index (χ0v) is 21.3. The largest absolute Gasteiger partial charge is 0.479 e. The molecule has 5 rings (SSSR count). The number of nitrogens with zero attached hydrogens (tertiary/aromatic N) is 5. The number of halogens is 2. The van der Waals surface area contributed by atoms with Gasteiger partial charge in [-0.2, -0.15) is 4.98 Å². The van der Waals surface area contributed by atoms with Gasteiger partial charge in [-0.05, 0) is 48.4 Å². The van der Waals surface area contributed by atoms with Crippen molar-refractivity contribution in [3.05, 3.63) is 67.4 Å². The van der Waals surface area contributed by atoms with E-state index >= 15 is 0 Å². The van der Waals surface area contributed by atoms with Gasteiger partial charge in [-0.25, -0.2) is 31.5 Å². The maximum Gasteiger partial charge on any atom is 0.270 e. The highest BCUT2D eigenvalue weighted by molar-refractivity contribution is 7.93. The SMILES string of the molecule is COc1nc(OCC2CCC(F)(F)CC2)ccc1N(c1ccncn1)S(=O)(=O)c1ccc2cnccc2c1. The number of aromatic nitrogens is 4. The summed E-state index contributed by atoms with van der Waals surface area (Å²) >= 11 is 0. The number of benzene rings is 1. The van der Waals surface area contributed by atoms with E-state index in [0.717, 1.165) is 9.69 Å². The van der Waals surface area contributed by atoms with Crippen LogP contribution >= 0.6 is 0 Å². The van der Waals surface area contributed by atoms with Crippen LogP contribution in [0.3, 0.4) is 0 Å². The van der Waals surface area contributed by atoms with E-state index in [9.17, 15) is 17.2 Å². The van der Waals surface area contributed by atoms with E-state index in [-0.39, 0.29) is 53.5 Å². The summed E-state index contributed by atoms with van der Waals surface area (Å²) in [6, 6.07) is 11.0. The van der Waals surface area contributed by atoms with Gasteiger partial charge in [-0.15, -0.1) is 0 Å². The normalized spacial score (nSPS) is 15.8. The number of fused-ring (bicyclic) bond motifs is 1. The number of anilines is 2. The molecule has 0 spiro atoms. The average Bonchev–Trinajstić information content (AvgIpc) is 2.93. The second kappa shape index (κ2) is 10.4. The molecule has 12 heteroatoms. The second-order valence-electron chi connectivity index (χ2n) is 9.01. The molecule has 0 N–H and O–H groups in total. The number of rotatable bonds is 8. The number of ether oxygens (including phenoxy) is 2. The van der Waals surface area contributed by atoms with Crippen LogP contribution in [0.15, 0.2) is 72.3 Å². The third-order valence-corrected chi connectivity index (χ3v) is 8.17. The molecular weight excluding hydrogens is 516 g/mol. The zero-order valence-electron chi connectivity index (χ0n) is 20.5. The standard InChI is InChI=1S/C26H25F2N5O4S/c1-36-25-22(4-5-24(32-25)37-16-18-6-10-26(27,28)11-7-18)33(23-9-13-30-17-31-23)38(34,35)21-3-2-20-15-29-12-8-19(20)14-21/h2-5,8-9,12-15,17-18H,6-7,10-11,16H2,1H3. The lowest BCUT2D eigenvalue weighted by Crippen LogP contribution is -2.28. The van der Waals surface area contributed by atoms with Crippen molar-refractivity contribution in [3.8, 4) is 11.8 Å². The summed E-state index contributed by atoms with van der Waals surface area (Å²) in [6.07, 6.45) is 6.33. The molecule has 0 saturated heterocycles. The van der Waals surface area contributed by atoms with Crippen LogP contribution in [0.4, 0.5) is 20.3 Å². The van der Waals surface area contributed by atoms with Gasteiger partial charge in [-0.1, -0.05) is 6.07 Å². The van der Waals surface area contributed by atoms with E-state index in [4.69, 9.17) is 9.47 Å². The van der Waals surface area contributed by atoms with Crippen LogP contribution in [-0.4, -0.2) is 48.0 Å². The molecule has 0 bridgehead atoms. The Kier molecular flexibility index (Phi) is 7.06. The molecule has 0 unspecified atom stereocenters. The van der Waals surface area contributed by atoms with Gasteiger partial charge in [0.2, 0.25) is 17.7 Å². The van der Waals surface area contributed by atoms with Gasteiger partial charge >= 0.3 is 0 Å². The Morgan fingerprint density at radius 3 is 2.55 bits per heavy atom. The Bertz CT molecular complexity index is 1530. The first-order chi connectivity index (χ1) is 18.3. The van der Waals surface area contributed by atoms with E-state index < -0.39 is 15.9 Å². The Balaban J connectivity index is 1.48. The van der Waals surface area contributed by atoms with Gasteiger partial charge < -0.3 is 9.47 Å². The second-order valence-corrected chi connectivity index (χ2v) is 10.8. The van der Waals surface area contributed by atoms with E-state index in [2.05, 4.69) is 19.9 Å². The highest BCUT2D eigenvalue weighted by atomic mass is 32.2. The summed E-state index contributed by atoms with van der Waals surface area (Å²) in [7, 11) is -2.83. The van der Waals surface area contributed by atoms with Crippen LogP contribution in [0, 0.1) is 5.92 Å². The third kappa shape index (κ3) is 5.35. The molecule has 38 heavy (non-hydrogen) atoms. The van der Waals surface area contributed by atoms with Crippen LogP contribution in [0.1, 0.15) is 25.7 Å². The lowest BCUT2D eigenvalue weighted by molar-refractivity contribution is -0.0500. The molecule has 1 aliphatic carbocycles. The van der Waals surface area contributed by atoms with Crippen molar-refractivity contribution < 1.29 is 26.7 Å². The van der Waals surface area contributed by atoms with Crippen molar-refractivity contribution in [1.82, 2.24) is 19.9 Å². The van der Waals surface area contributed by atoms with Crippen LogP contribution in [0.5, 0.6) is 11.8 Å². The molecule has 0 radical (unpaired) electrons. The predicted octanol–water partition coefficient (Wildman–Crippen LogP) is 5.16. The van der Waals surface area contributed by atoms with Crippen molar-refractivity contribution in [2.45, 2.75) is 36.5 Å². The maximum atomic E-state index is 14.0. The molecule has 3 heterocycles. The van der Waals surface area contributed by atoms with Gasteiger partial charge in [0.1, 0.15) is 12.0 Å². The first kappa shape index (κ1) is 25.7. The van der Waals surface area contributed by atoms with Gasteiger partial charge in [0.15, 0.2) is 5.82 Å². The lowest BCUT2D eigenvalue weighted by atomic mass is 9.87. The highest BCUT2D eigenvalue weighted by Crippen LogP contribution is 2.39. The molecule has 3 aromatic heterocycles. The summed E-state index contributed by atoms with van der Waals surface area (Å²) in [6.45, 7) is 0.228. The molecule has 0 aliphatic heterocycles. The summed E-state index contributed by atoms with van der Waals surface area (Å²) < 4.78 is 67.2. The van der Waals surface area contributed by atoms with Crippen molar-refractivity contribution in [2.75, 3.05) is 18.0 Å². The smallest absolute Gasteiger partial charge is 0.270 e. The molecule has 4 aromatic rings. The summed E-state index contributed by atoms with van der Waals surface area (Å²) in [5.41, 5.74) is 0.116. The number of hydrogen-bond donors (Lipinski definition) is 0. The van der Waals surface area contributed by atoms with Gasteiger partial charge in [-0.3, -0.25) is 4.98 Å². The molecule has 1 fully saturated rings. The van der Waals surface area contributed by atoms with Gasteiger partial charge in [0.25, 0.3) is 10.0 Å². The Morgan fingerprint density at radius 2 is 1.82 bits per heavy atom. The number of methoxy groups -OCH3 is 1. The Hall–Kier alpha value is -3.93. The first-order valence-corrected chi connectivity index (χ1v) is 13.4. The Morgan fingerprint density at radius 1 is 1.03 bits per heavy atom. The van der Waals surface area contributed by atoms with E-state index in [1.807, 2.05) is 0 Å². The summed E-state index contributed by atoms with van der Waals surface area (Å²) in [5, 5.41) is 1.50. The minimum atomic E-state index is -4.19. The molecular formula is C26H25F2N5O4S. The summed E-state index contributed by atoms with van der Waals surface area (Å²) in [4.78, 5) is 16.5. The van der Waals surface area contributed by atoms with E-state index in [1.54, 1.807) is 30.6 Å². The average molecular weight is 542 g/mol. The molecule has 0 amide bonds. The first-order valence-electron chi connectivity index (χ1n) is 12.0. The van der Waals surface area contributed by atoms with Crippen molar-refractivity contribution in [2.24, 2.45) is 5.92 Å². The lowest BCUT2D eigenvalue weighted by Gasteiger charge is -2.28. The van der Waals surface area contributed by atoms with Crippen LogP contribution in [0.2, 0.25) is 0 Å². The number of sulfonamides is 1. The fourth-order valence-electron chi connectivity index (χ4n) is 4.38. The third-order valence-electron chi connectivity index (χ3n) is 6.46. The quantitative estimate of drug-likeness (QED) is 0.301. The van der Waals surface area contributed by atoms with Gasteiger partial charge in [0.05, 0.1) is 18.6 Å². The molecule has 9 nitrogen and oxygen atoms in total. The molecule has 0 atom stereocenters. The van der Waals surface area contributed by atoms with Crippen molar-refractivity contribution in [3.63, 3.8) is 0 Å². The fourth-order valence-corrected chi connectivity index (χ4v) is 5.86. The van der Waals surface area contributed by atoms with Crippen LogP contribution in [-0.2, 0) is 10.0 Å². The molecule has 1 aliphatic rings. The molecule has 1 aromatic carbocycles. The minimum absolute atomic E-state index is 0.00939. The number of hydrogen-bond acceptors (Lipinski definition) is 8. The van der Waals surface area contributed by atoms with Crippen LogP contribution in [0.25, 0.3) is 10.8 Å². The van der Waals surface area contributed by atoms with E-state index in [1.165, 1.54) is 43.9 Å². The number of pyridine rings is 2. The number of alkyl halides is 2. The topological polar surface area (TPSA) is 107 Å². The van der Waals surface area contributed by atoms with Crippen molar-refractivity contribution in [1.29, 1.82) is 0 Å². The maximum absolute atomic E-state index is 14.0. The monoisotopic (exact) mass is 541 g/mol. The van der Waals surface area contributed by atoms with Gasteiger partial charge in [0, 0.05) is 49.0 Å². The highest BCUT2D eigenvalue weighted by Gasteiger charge is 2.35. The molecule has 1 saturated carbocycles. The van der Waals surface area contributed by atoms with E-state index in [0.29, 0.717) is 18.2 Å². The Labute approximate surface area is 218 Å². The summed E-state index contributed by atoms with van der Waals surface area (Å²) in [5.74, 6) is -2.35.